The highest BCUT2D eigenvalue weighted by atomic mass is 16.3. The topological polar surface area (TPSA) is 38.0 Å². The number of aromatic nitrogens is 2. The van der Waals surface area contributed by atoms with E-state index in [0.717, 1.165) is 25.2 Å². The van der Waals surface area contributed by atoms with Crippen LogP contribution in [0.3, 0.4) is 0 Å². The average Bonchev–Trinajstić information content (AvgIpc) is 2.89. The molecule has 16 heavy (non-hydrogen) atoms. The molecule has 3 heteroatoms. The van der Waals surface area contributed by atoms with Gasteiger partial charge in [-0.3, -0.25) is 0 Å². The van der Waals surface area contributed by atoms with Gasteiger partial charge in [0, 0.05) is 18.9 Å². The van der Waals surface area contributed by atoms with Crippen LogP contribution in [0.4, 0.5) is 0 Å². The standard InChI is InChI=1S/C13H22N2O/c1-2-8-15-9-7-14-13(15)12(16)10-11-5-3-4-6-11/h7,9,11-12,16H,2-6,8,10H2,1H3. The Kier molecular flexibility index (Phi) is 3.99. The lowest BCUT2D eigenvalue weighted by molar-refractivity contribution is 0.131. The van der Waals surface area contributed by atoms with Crippen LogP contribution in [-0.2, 0) is 6.54 Å². The molecule has 1 heterocycles. The van der Waals surface area contributed by atoms with E-state index in [-0.39, 0.29) is 6.10 Å². The summed E-state index contributed by atoms with van der Waals surface area (Å²) < 4.78 is 2.08. The summed E-state index contributed by atoms with van der Waals surface area (Å²) in [5, 5.41) is 10.2. The molecule has 3 nitrogen and oxygen atoms in total. The molecule has 0 radical (unpaired) electrons. The van der Waals surface area contributed by atoms with Gasteiger partial charge in [0.25, 0.3) is 0 Å². The zero-order valence-corrected chi connectivity index (χ0v) is 10.1. The van der Waals surface area contributed by atoms with Gasteiger partial charge in [-0.05, 0) is 18.8 Å². The number of rotatable bonds is 5. The third-order valence-corrected chi connectivity index (χ3v) is 3.54. The molecule has 1 unspecified atom stereocenters. The van der Waals surface area contributed by atoms with Gasteiger partial charge in [-0.15, -0.1) is 0 Å². The Morgan fingerprint density at radius 3 is 2.94 bits per heavy atom. The summed E-state index contributed by atoms with van der Waals surface area (Å²) >= 11 is 0. The van der Waals surface area contributed by atoms with Crippen molar-refractivity contribution in [2.75, 3.05) is 0 Å². The highest BCUT2D eigenvalue weighted by Crippen LogP contribution is 2.32. The van der Waals surface area contributed by atoms with Crippen molar-refractivity contribution in [1.29, 1.82) is 0 Å². The monoisotopic (exact) mass is 222 g/mol. The number of aliphatic hydroxyl groups excluding tert-OH is 1. The van der Waals surface area contributed by atoms with Crippen LogP contribution < -0.4 is 0 Å². The minimum absolute atomic E-state index is 0.371. The summed E-state index contributed by atoms with van der Waals surface area (Å²) in [5.41, 5.74) is 0. The van der Waals surface area contributed by atoms with Gasteiger partial charge < -0.3 is 9.67 Å². The number of hydrogen-bond donors (Lipinski definition) is 1. The molecule has 0 aliphatic heterocycles. The van der Waals surface area contributed by atoms with Crippen LogP contribution in [0, 0.1) is 5.92 Å². The molecule has 0 bridgehead atoms. The second-order valence-electron chi connectivity index (χ2n) is 4.88. The predicted octanol–water partition coefficient (Wildman–Crippen LogP) is 2.91. The fourth-order valence-electron chi connectivity index (χ4n) is 2.72. The van der Waals surface area contributed by atoms with E-state index in [2.05, 4.69) is 16.5 Å². The van der Waals surface area contributed by atoms with E-state index in [1.165, 1.54) is 25.7 Å². The van der Waals surface area contributed by atoms with Gasteiger partial charge in [0.05, 0.1) is 0 Å². The first-order valence-electron chi connectivity index (χ1n) is 6.50. The van der Waals surface area contributed by atoms with Crippen LogP contribution >= 0.6 is 0 Å². The van der Waals surface area contributed by atoms with Crippen LogP contribution in [0.1, 0.15) is 57.4 Å². The molecule has 2 rings (SSSR count). The molecule has 0 spiro atoms. The molecule has 0 amide bonds. The maximum atomic E-state index is 10.2. The van der Waals surface area contributed by atoms with Crippen molar-refractivity contribution >= 4 is 0 Å². The highest BCUT2D eigenvalue weighted by Gasteiger charge is 2.22. The SMILES string of the molecule is CCCn1ccnc1C(O)CC1CCCC1. The van der Waals surface area contributed by atoms with E-state index in [4.69, 9.17) is 0 Å². The molecule has 1 atom stereocenters. The minimum atomic E-state index is -0.371. The summed E-state index contributed by atoms with van der Waals surface area (Å²) in [6.45, 7) is 3.10. The van der Waals surface area contributed by atoms with E-state index in [1.807, 2.05) is 6.20 Å². The minimum Gasteiger partial charge on any atom is -0.385 e. The van der Waals surface area contributed by atoms with E-state index >= 15 is 0 Å². The van der Waals surface area contributed by atoms with Crippen molar-refractivity contribution in [2.24, 2.45) is 5.92 Å². The van der Waals surface area contributed by atoms with E-state index in [0.29, 0.717) is 5.92 Å². The van der Waals surface area contributed by atoms with Gasteiger partial charge in [-0.1, -0.05) is 32.6 Å². The molecule has 1 aromatic rings. The lowest BCUT2D eigenvalue weighted by Crippen LogP contribution is -2.11. The molecular formula is C13H22N2O. The van der Waals surface area contributed by atoms with Crippen LogP contribution in [-0.4, -0.2) is 14.7 Å². The maximum absolute atomic E-state index is 10.2. The first-order chi connectivity index (χ1) is 7.81. The Morgan fingerprint density at radius 1 is 1.50 bits per heavy atom. The lowest BCUT2D eigenvalue weighted by Gasteiger charge is -2.16. The van der Waals surface area contributed by atoms with Crippen LogP contribution in [0.15, 0.2) is 12.4 Å². The Hall–Kier alpha value is -0.830. The average molecular weight is 222 g/mol. The fourth-order valence-corrected chi connectivity index (χ4v) is 2.72. The Labute approximate surface area is 97.5 Å². The molecule has 1 saturated carbocycles. The smallest absolute Gasteiger partial charge is 0.137 e. The van der Waals surface area contributed by atoms with Crippen molar-refractivity contribution in [1.82, 2.24) is 9.55 Å². The van der Waals surface area contributed by atoms with Crippen molar-refractivity contribution in [3.8, 4) is 0 Å². The van der Waals surface area contributed by atoms with Gasteiger partial charge in [-0.25, -0.2) is 4.98 Å². The Bertz CT molecular complexity index is 315. The van der Waals surface area contributed by atoms with Crippen molar-refractivity contribution in [2.45, 2.75) is 58.1 Å². The molecule has 90 valence electrons. The van der Waals surface area contributed by atoms with Gasteiger partial charge in [-0.2, -0.15) is 0 Å². The van der Waals surface area contributed by atoms with Gasteiger partial charge in [0.1, 0.15) is 11.9 Å². The summed E-state index contributed by atoms with van der Waals surface area (Å²) in [5.74, 6) is 1.57. The van der Waals surface area contributed by atoms with Crippen molar-refractivity contribution in [3.05, 3.63) is 18.2 Å². The second kappa shape index (κ2) is 5.48. The normalized spacial score (nSPS) is 19.1. The third kappa shape index (κ3) is 2.64. The molecular weight excluding hydrogens is 200 g/mol. The molecule has 0 saturated heterocycles. The Morgan fingerprint density at radius 2 is 2.25 bits per heavy atom. The third-order valence-electron chi connectivity index (χ3n) is 3.54. The predicted molar refractivity (Wildman–Crippen MR) is 64.1 cm³/mol. The van der Waals surface area contributed by atoms with E-state index < -0.39 is 0 Å². The first kappa shape index (κ1) is 11.6. The summed E-state index contributed by atoms with van der Waals surface area (Å²) in [4.78, 5) is 4.29. The van der Waals surface area contributed by atoms with Gasteiger partial charge in [0.2, 0.25) is 0 Å². The Balaban J connectivity index is 1.96. The lowest BCUT2D eigenvalue weighted by atomic mass is 10.00. The summed E-state index contributed by atoms with van der Waals surface area (Å²) in [6, 6.07) is 0. The molecule has 1 aliphatic rings. The first-order valence-corrected chi connectivity index (χ1v) is 6.50. The van der Waals surface area contributed by atoms with Crippen LogP contribution in [0.5, 0.6) is 0 Å². The van der Waals surface area contributed by atoms with E-state index in [1.54, 1.807) is 6.20 Å². The molecule has 1 aliphatic carbocycles. The van der Waals surface area contributed by atoms with Gasteiger partial charge >= 0.3 is 0 Å². The summed E-state index contributed by atoms with van der Waals surface area (Å²) in [6.07, 6.45) is 10.6. The molecule has 1 aromatic heterocycles. The second-order valence-corrected chi connectivity index (χ2v) is 4.88. The number of nitrogens with zero attached hydrogens (tertiary/aromatic N) is 2. The largest absolute Gasteiger partial charge is 0.385 e. The molecule has 1 N–H and O–H groups in total. The maximum Gasteiger partial charge on any atom is 0.137 e. The number of aryl methyl sites for hydroxylation is 1. The highest BCUT2D eigenvalue weighted by molar-refractivity contribution is 4.97. The van der Waals surface area contributed by atoms with Crippen molar-refractivity contribution < 1.29 is 5.11 Å². The van der Waals surface area contributed by atoms with Crippen LogP contribution in [0.2, 0.25) is 0 Å². The number of aliphatic hydroxyl groups is 1. The van der Waals surface area contributed by atoms with E-state index in [9.17, 15) is 5.11 Å². The molecule has 0 aromatic carbocycles. The zero-order valence-electron chi connectivity index (χ0n) is 10.1. The zero-order chi connectivity index (χ0) is 11.4. The molecule has 1 fully saturated rings. The van der Waals surface area contributed by atoms with Crippen molar-refractivity contribution in [3.63, 3.8) is 0 Å². The fraction of sp³-hybridized carbons (Fsp3) is 0.769. The quantitative estimate of drug-likeness (QED) is 0.831. The summed E-state index contributed by atoms with van der Waals surface area (Å²) in [7, 11) is 0. The number of imidazole rings is 1. The number of hydrogen-bond acceptors (Lipinski definition) is 2. The van der Waals surface area contributed by atoms with Gasteiger partial charge in [0.15, 0.2) is 0 Å². The van der Waals surface area contributed by atoms with Crippen LogP contribution in [0.25, 0.3) is 0 Å².